The molecule has 2 N–H and O–H groups in total. The minimum atomic E-state index is 0.0505. The molecule has 7 heteroatoms. The van der Waals surface area contributed by atoms with Crippen molar-refractivity contribution >= 4 is 28.9 Å². The molecule has 0 unspecified atom stereocenters. The Morgan fingerprint density at radius 3 is 2.66 bits per heavy atom. The van der Waals surface area contributed by atoms with Gasteiger partial charge in [0, 0.05) is 38.2 Å². The molecule has 0 bridgehead atoms. The fourth-order valence-electron chi connectivity index (χ4n) is 3.39. The number of fused-ring (bicyclic) bond motifs is 1. The van der Waals surface area contributed by atoms with Crippen LogP contribution in [0.15, 0.2) is 18.3 Å². The summed E-state index contributed by atoms with van der Waals surface area (Å²) in [6.07, 6.45) is 2.55. The van der Waals surface area contributed by atoms with Gasteiger partial charge in [-0.15, -0.1) is 0 Å². The topological polar surface area (TPSA) is 79.4 Å². The lowest BCUT2D eigenvalue weighted by Crippen LogP contribution is -2.24. The summed E-state index contributed by atoms with van der Waals surface area (Å²) in [7, 11) is 3.88. The molecule has 1 aromatic heterocycles. The standard InChI is InChI=1S/C20H27N5O2.C2H6/c1-12(2)11-25(5)17-10-22-20(24-19(17)21-4)23-16-7-6-14(13(3)26)15-8-9-27-18(15)16;1-2/h6-7,10,12H,8-9,11H2,1-5H3,(H2,21,22,23,24);1-2H3. The van der Waals surface area contributed by atoms with Crippen LogP contribution in [-0.2, 0) is 6.42 Å². The summed E-state index contributed by atoms with van der Waals surface area (Å²) in [6.45, 7) is 11.4. The lowest BCUT2D eigenvalue weighted by molar-refractivity contribution is 0.101. The highest BCUT2D eigenvalue weighted by Gasteiger charge is 2.23. The Morgan fingerprint density at radius 2 is 2.03 bits per heavy atom. The van der Waals surface area contributed by atoms with Crippen molar-refractivity contribution < 1.29 is 9.53 Å². The molecule has 2 aromatic rings. The van der Waals surface area contributed by atoms with Gasteiger partial charge in [0.1, 0.15) is 5.75 Å². The van der Waals surface area contributed by atoms with Crippen LogP contribution in [0, 0.1) is 5.92 Å². The number of carbonyl (C=O) groups excluding carboxylic acids is 1. The second kappa shape index (κ2) is 10.1. The summed E-state index contributed by atoms with van der Waals surface area (Å²) in [5, 5.41) is 6.38. The number of Topliss-reactive ketones (excluding diaryl/α,β-unsaturated/α-hetero) is 1. The molecule has 0 aliphatic carbocycles. The Morgan fingerprint density at radius 1 is 1.31 bits per heavy atom. The van der Waals surface area contributed by atoms with Crippen LogP contribution in [0.4, 0.5) is 23.1 Å². The highest BCUT2D eigenvalue weighted by atomic mass is 16.5. The molecule has 0 saturated carbocycles. The average molecular weight is 400 g/mol. The zero-order chi connectivity index (χ0) is 21.6. The first-order valence-corrected chi connectivity index (χ1v) is 10.2. The van der Waals surface area contributed by atoms with Gasteiger partial charge in [0.2, 0.25) is 5.95 Å². The molecular formula is C22H33N5O2. The quantitative estimate of drug-likeness (QED) is 0.663. The highest BCUT2D eigenvalue weighted by molar-refractivity contribution is 5.97. The summed E-state index contributed by atoms with van der Waals surface area (Å²) >= 11 is 0. The van der Waals surface area contributed by atoms with Gasteiger partial charge in [0.25, 0.3) is 0 Å². The van der Waals surface area contributed by atoms with E-state index in [1.54, 1.807) is 6.92 Å². The van der Waals surface area contributed by atoms with Crippen molar-refractivity contribution in [1.82, 2.24) is 9.97 Å². The molecule has 0 radical (unpaired) electrons. The zero-order valence-electron chi connectivity index (χ0n) is 18.6. The van der Waals surface area contributed by atoms with Crippen molar-refractivity contribution in [2.75, 3.05) is 42.8 Å². The fourth-order valence-corrected chi connectivity index (χ4v) is 3.39. The third-order valence-electron chi connectivity index (χ3n) is 4.54. The number of carbonyl (C=O) groups is 1. The number of ketones is 1. The van der Waals surface area contributed by atoms with Crippen molar-refractivity contribution in [2.24, 2.45) is 5.92 Å². The van der Waals surface area contributed by atoms with Crippen molar-refractivity contribution in [3.63, 3.8) is 0 Å². The molecule has 158 valence electrons. The Kier molecular flexibility index (Phi) is 7.82. The summed E-state index contributed by atoms with van der Waals surface area (Å²) in [6, 6.07) is 3.68. The van der Waals surface area contributed by atoms with Crippen LogP contribution in [0.2, 0.25) is 0 Å². The molecule has 0 spiro atoms. The maximum absolute atomic E-state index is 11.8. The highest BCUT2D eigenvalue weighted by Crippen LogP contribution is 2.38. The van der Waals surface area contributed by atoms with Crippen LogP contribution in [-0.4, -0.2) is 43.0 Å². The Hall–Kier alpha value is -2.83. The van der Waals surface area contributed by atoms with E-state index in [1.165, 1.54) is 0 Å². The Labute approximate surface area is 173 Å². The summed E-state index contributed by atoms with van der Waals surface area (Å²) in [4.78, 5) is 23.0. The van der Waals surface area contributed by atoms with Crippen molar-refractivity contribution in [1.29, 1.82) is 0 Å². The first-order chi connectivity index (χ1) is 13.9. The lowest BCUT2D eigenvalue weighted by atomic mass is 10.0. The van der Waals surface area contributed by atoms with Gasteiger partial charge in [-0.3, -0.25) is 4.79 Å². The second-order valence-corrected chi connectivity index (χ2v) is 7.20. The molecule has 7 nitrogen and oxygen atoms in total. The lowest BCUT2D eigenvalue weighted by Gasteiger charge is -2.23. The molecule has 0 saturated heterocycles. The summed E-state index contributed by atoms with van der Waals surface area (Å²) in [5.74, 6) is 2.55. The molecule has 1 aliphatic heterocycles. The van der Waals surface area contributed by atoms with E-state index in [4.69, 9.17) is 4.74 Å². The van der Waals surface area contributed by atoms with Gasteiger partial charge < -0.3 is 20.3 Å². The molecule has 1 aliphatic rings. The van der Waals surface area contributed by atoms with Crippen LogP contribution in [0.5, 0.6) is 5.75 Å². The van der Waals surface area contributed by atoms with Crippen LogP contribution in [0.25, 0.3) is 0 Å². The van der Waals surface area contributed by atoms with Gasteiger partial charge in [0.05, 0.1) is 24.2 Å². The van der Waals surface area contributed by atoms with E-state index in [1.807, 2.05) is 46.3 Å². The van der Waals surface area contributed by atoms with Gasteiger partial charge in [-0.05, 0) is 25.0 Å². The minimum Gasteiger partial charge on any atom is -0.491 e. The summed E-state index contributed by atoms with van der Waals surface area (Å²) in [5.41, 5.74) is 3.40. The molecule has 0 amide bonds. The van der Waals surface area contributed by atoms with Gasteiger partial charge >= 0.3 is 0 Å². The Balaban J connectivity index is 0.00000145. The predicted octanol–water partition coefficient (Wildman–Crippen LogP) is 4.52. The third-order valence-corrected chi connectivity index (χ3v) is 4.54. The van der Waals surface area contributed by atoms with E-state index in [0.717, 1.165) is 47.0 Å². The number of anilines is 4. The minimum absolute atomic E-state index is 0.0505. The monoisotopic (exact) mass is 399 g/mol. The smallest absolute Gasteiger partial charge is 0.229 e. The second-order valence-electron chi connectivity index (χ2n) is 7.20. The third kappa shape index (κ3) is 5.16. The predicted molar refractivity (Wildman–Crippen MR) is 120 cm³/mol. The number of hydrogen-bond acceptors (Lipinski definition) is 7. The van der Waals surface area contributed by atoms with Crippen molar-refractivity contribution in [3.8, 4) is 5.75 Å². The van der Waals surface area contributed by atoms with Gasteiger partial charge in [-0.1, -0.05) is 27.7 Å². The van der Waals surface area contributed by atoms with E-state index >= 15 is 0 Å². The SMILES string of the molecule is CC.CNc1nc(Nc2ccc(C(C)=O)c3c2OCC3)ncc1N(C)CC(C)C. The normalized spacial score (nSPS) is 11.9. The first-order valence-electron chi connectivity index (χ1n) is 10.2. The molecule has 1 aromatic carbocycles. The largest absolute Gasteiger partial charge is 0.491 e. The van der Waals surface area contributed by atoms with E-state index in [0.29, 0.717) is 18.5 Å². The van der Waals surface area contributed by atoms with Crippen LogP contribution in [0.1, 0.15) is 50.5 Å². The molecule has 0 atom stereocenters. The zero-order valence-corrected chi connectivity index (χ0v) is 18.6. The number of rotatable bonds is 7. The van der Waals surface area contributed by atoms with Gasteiger partial charge in [-0.2, -0.15) is 4.98 Å². The number of benzene rings is 1. The number of nitrogens with zero attached hydrogens (tertiary/aromatic N) is 3. The molecule has 3 rings (SSSR count). The first kappa shape index (κ1) is 22.5. The van der Waals surface area contributed by atoms with Gasteiger partial charge in [0.15, 0.2) is 11.6 Å². The van der Waals surface area contributed by atoms with E-state index < -0.39 is 0 Å². The molecule has 0 fully saturated rings. The molecule has 29 heavy (non-hydrogen) atoms. The van der Waals surface area contributed by atoms with E-state index in [9.17, 15) is 4.79 Å². The maximum atomic E-state index is 11.8. The molecular weight excluding hydrogens is 366 g/mol. The number of ether oxygens (including phenoxy) is 1. The van der Waals surface area contributed by atoms with Crippen molar-refractivity contribution in [3.05, 3.63) is 29.5 Å². The van der Waals surface area contributed by atoms with Crippen LogP contribution < -0.4 is 20.3 Å². The number of aromatic nitrogens is 2. The van der Waals surface area contributed by atoms with Crippen LogP contribution in [0.3, 0.4) is 0 Å². The summed E-state index contributed by atoms with van der Waals surface area (Å²) < 4.78 is 5.76. The Bertz CT molecular complexity index is 851. The number of hydrogen-bond donors (Lipinski definition) is 2. The van der Waals surface area contributed by atoms with Crippen LogP contribution >= 0.6 is 0 Å². The number of nitrogens with one attached hydrogen (secondary N) is 2. The van der Waals surface area contributed by atoms with Gasteiger partial charge in [-0.25, -0.2) is 4.98 Å². The van der Waals surface area contributed by atoms with E-state index in [-0.39, 0.29) is 5.78 Å². The maximum Gasteiger partial charge on any atom is 0.229 e. The van der Waals surface area contributed by atoms with Crippen molar-refractivity contribution in [2.45, 2.75) is 41.0 Å². The molecule has 2 heterocycles. The average Bonchev–Trinajstić information content (AvgIpc) is 3.19. The van der Waals surface area contributed by atoms with E-state index in [2.05, 4.69) is 39.3 Å². The fraction of sp³-hybridized carbons (Fsp3) is 0.500.